The van der Waals surface area contributed by atoms with Gasteiger partial charge in [-0.1, -0.05) is 5.16 Å². The highest BCUT2D eigenvalue weighted by Gasteiger charge is 2.22. The van der Waals surface area contributed by atoms with Crippen molar-refractivity contribution >= 4 is 0 Å². The van der Waals surface area contributed by atoms with Crippen LogP contribution in [0.3, 0.4) is 0 Å². The van der Waals surface area contributed by atoms with E-state index in [1.807, 2.05) is 13.8 Å². The molecular formula is C9H17N3O3. The number of hydrogen-bond acceptors (Lipinski definition) is 6. The highest BCUT2D eigenvalue weighted by atomic mass is 16.5. The molecule has 1 atom stereocenters. The lowest BCUT2D eigenvalue weighted by Crippen LogP contribution is -2.25. The van der Waals surface area contributed by atoms with Gasteiger partial charge in [0.2, 0.25) is 5.89 Å². The Morgan fingerprint density at radius 1 is 1.60 bits per heavy atom. The van der Waals surface area contributed by atoms with E-state index in [0.717, 1.165) is 0 Å². The Hall–Kier alpha value is -0.980. The smallest absolute Gasteiger partial charge is 0.229 e. The quantitative estimate of drug-likeness (QED) is 0.719. The third kappa shape index (κ3) is 3.26. The van der Waals surface area contributed by atoms with Crippen LogP contribution in [-0.4, -0.2) is 34.6 Å². The first-order chi connectivity index (χ1) is 6.98. The van der Waals surface area contributed by atoms with Crippen LogP contribution in [0, 0.1) is 0 Å². The molecule has 0 aliphatic carbocycles. The zero-order valence-corrected chi connectivity index (χ0v) is 9.23. The topological polar surface area (TPSA) is 94.4 Å². The van der Waals surface area contributed by atoms with Crippen LogP contribution in [-0.2, 0) is 11.2 Å². The van der Waals surface area contributed by atoms with Crippen molar-refractivity contribution in [1.82, 2.24) is 10.1 Å². The Morgan fingerprint density at radius 3 is 2.80 bits per heavy atom. The molecule has 1 heterocycles. The normalized spacial score (nSPS) is 14.2. The van der Waals surface area contributed by atoms with Gasteiger partial charge in [0.15, 0.2) is 5.82 Å². The average Bonchev–Trinajstić information content (AvgIpc) is 2.64. The zero-order chi connectivity index (χ0) is 11.5. The van der Waals surface area contributed by atoms with Gasteiger partial charge in [-0.2, -0.15) is 4.98 Å². The minimum Gasteiger partial charge on any atom is -0.394 e. The van der Waals surface area contributed by atoms with Crippen LogP contribution in [0.15, 0.2) is 4.52 Å². The molecule has 1 aromatic heterocycles. The molecule has 0 saturated carbocycles. The summed E-state index contributed by atoms with van der Waals surface area (Å²) in [5.41, 5.74) is 5.18. The van der Waals surface area contributed by atoms with E-state index in [-0.39, 0.29) is 12.2 Å². The second-order valence-electron chi connectivity index (χ2n) is 3.98. The molecule has 86 valence electrons. The summed E-state index contributed by atoms with van der Waals surface area (Å²) in [5.74, 6) is 0.778. The van der Waals surface area contributed by atoms with Gasteiger partial charge in [0.1, 0.15) is 0 Å². The molecule has 3 N–H and O–H groups in total. The molecule has 6 heteroatoms. The van der Waals surface area contributed by atoms with E-state index < -0.39 is 6.04 Å². The number of nitrogens with two attached hydrogens (primary N) is 1. The predicted octanol–water partition coefficient (Wildman–Crippen LogP) is 0.0292. The molecule has 0 saturated heterocycles. The van der Waals surface area contributed by atoms with E-state index in [1.165, 1.54) is 0 Å². The van der Waals surface area contributed by atoms with Gasteiger partial charge in [0.05, 0.1) is 24.7 Å². The molecule has 1 unspecified atom stereocenters. The fourth-order valence-corrected chi connectivity index (χ4v) is 1.01. The summed E-state index contributed by atoms with van der Waals surface area (Å²) in [5, 5.41) is 12.5. The van der Waals surface area contributed by atoms with Gasteiger partial charge in [-0.3, -0.25) is 0 Å². The van der Waals surface area contributed by atoms with Gasteiger partial charge >= 0.3 is 0 Å². The van der Waals surface area contributed by atoms with Crippen LogP contribution in [0.4, 0.5) is 0 Å². The molecule has 0 radical (unpaired) electrons. The van der Waals surface area contributed by atoms with Crippen molar-refractivity contribution in [3.8, 4) is 0 Å². The maximum absolute atomic E-state index is 8.80. The Bertz CT molecular complexity index is 311. The van der Waals surface area contributed by atoms with Crippen molar-refractivity contribution in [3.05, 3.63) is 11.7 Å². The van der Waals surface area contributed by atoms with Crippen LogP contribution in [0.25, 0.3) is 0 Å². The molecule has 1 rings (SSSR count). The van der Waals surface area contributed by atoms with Crippen molar-refractivity contribution in [3.63, 3.8) is 0 Å². The van der Waals surface area contributed by atoms with E-state index in [9.17, 15) is 0 Å². The Balaban J connectivity index is 2.68. The van der Waals surface area contributed by atoms with Crippen LogP contribution in [0.1, 0.15) is 31.6 Å². The monoisotopic (exact) mass is 215 g/mol. The number of ether oxygens (including phenoxy) is 1. The lowest BCUT2D eigenvalue weighted by molar-refractivity contribution is 0.0170. The minimum atomic E-state index is -0.590. The molecular weight excluding hydrogens is 198 g/mol. The number of aliphatic hydroxyl groups is 1. The SMILES string of the molecule is COC(C)(C)Cc1nc(C(N)CO)no1. The number of aromatic nitrogens is 2. The molecule has 0 aliphatic heterocycles. The highest BCUT2D eigenvalue weighted by molar-refractivity contribution is 4.95. The molecule has 0 aromatic carbocycles. The summed E-state index contributed by atoms with van der Waals surface area (Å²) in [6.07, 6.45) is 0.509. The predicted molar refractivity (Wildman–Crippen MR) is 53.1 cm³/mol. The van der Waals surface area contributed by atoms with Gasteiger partial charge in [-0.05, 0) is 13.8 Å². The van der Waals surface area contributed by atoms with Crippen LogP contribution in [0.2, 0.25) is 0 Å². The maximum atomic E-state index is 8.80. The van der Waals surface area contributed by atoms with E-state index in [1.54, 1.807) is 7.11 Å². The Morgan fingerprint density at radius 2 is 2.27 bits per heavy atom. The largest absolute Gasteiger partial charge is 0.394 e. The number of aliphatic hydroxyl groups excluding tert-OH is 1. The number of nitrogens with zero attached hydrogens (tertiary/aromatic N) is 2. The van der Waals surface area contributed by atoms with E-state index >= 15 is 0 Å². The van der Waals surface area contributed by atoms with E-state index in [0.29, 0.717) is 18.1 Å². The minimum absolute atomic E-state index is 0.202. The Kier molecular flexibility index (Phi) is 3.78. The third-order valence-corrected chi connectivity index (χ3v) is 2.14. The lowest BCUT2D eigenvalue weighted by Gasteiger charge is -2.19. The molecule has 0 bridgehead atoms. The molecule has 1 aromatic rings. The summed E-state index contributed by atoms with van der Waals surface area (Å²) >= 11 is 0. The molecule has 0 aliphatic rings. The van der Waals surface area contributed by atoms with Gasteiger partial charge in [0, 0.05) is 7.11 Å². The first-order valence-corrected chi connectivity index (χ1v) is 4.72. The van der Waals surface area contributed by atoms with E-state index in [2.05, 4.69) is 10.1 Å². The van der Waals surface area contributed by atoms with Gasteiger partial charge in [-0.15, -0.1) is 0 Å². The Labute approximate surface area is 88.4 Å². The highest BCUT2D eigenvalue weighted by Crippen LogP contribution is 2.15. The first kappa shape index (κ1) is 12.1. The van der Waals surface area contributed by atoms with Gasteiger partial charge in [0.25, 0.3) is 0 Å². The number of hydrogen-bond donors (Lipinski definition) is 2. The second-order valence-corrected chi connectivity index (χ2v) is 3.98. The van der Waals surface area contributed by atoms with Crippen LogP contribution in [0.5, 0.6) is 0 Å². The average molecular weight is 215 g/mol. The zero-order valence-electron chi connectivity index (χ0n) is 9.23. The van der Waals surface area contributed by atoms with Crippen molar-refractivity contribution < 1.29 is 14.4 Å². The number of methoxy groups -OCH3 is 1. The first-order valence-electron chi connectivity index (χ1n) is 4.72. The lowest BCUT2D eigenvalue weighted by atomic mass is 10.1. The third-order valence-electron chi connectivity index (χ3n) is 2.14. The maximum Gasteiger partial charge on any atom is 0.229 e. The molecule has 0 fully saturated rings. The van der Waals surface area contributed by atoms with Crippen molar-refractivity contribution in [2.45, 2.75) is 31.9 Å². The molecule has 15 heavy (non-hydrogen) atoms. The van der Waals surface area contributed by atoms with Gasteiger partial charge < -0.3 is 20.1 Å². The molecule has 0 amide bonds. The van der Waals surface area contributed by atoms with Crippen molar-refractivity contribution in [2.24, 2.45) is 5.73 Å². The summed E-state index contributed by atoms with van der Waals surface area (Å²) in [4.78, 5) is 4.07. The molecule has 0 spiro atoms. The summed E-state index contributed by atoms with van der Waals surface area (Å²) in [6.45, 7) is 3.64. The summed E-state index contributed by atoms with van der Waals surface area (Å²) in [7, 11) is 1.62. The molecule has 6 nitrogen and oxygen atoms in total. The van der Waals surface area contributed by atoms with Crippen LogP contribution >= 0.6 is 0 Å². The summed E-state index contributed by atoms with van der Waals surface area (Å²) in [6, 6.07) is -0.590. The standard InChI is InChI=1S/C9H17N3O3/c1-9(2,14-3)4-7-11-8(12-15-7)6(10)5-13/h6,13H,4-5,10H2,1-3H3. The fraction of sp³-hybridized carbons (Fsp3) is 0.778. The fourth-order valence-electron chi connectivity index (χ4n) is 1.01. The summed E-state index contributed by atoms with van der Waals surface area (Å²) < 4.78 is 10.2. The van der Waals surface area contributed by atoms with Crippen molar-refractivity contribution in [2.75, 3.05) is 13.7 Å². The van der Waals surface area contributed by atoms with Gasteiger partial charge in [-0.25, -0.2) is 0 Å². The van der Waals surface area contributed by atoms with E-state index in [4.69, 9.17) is 20.1 Å². The number of rotatable bonds is 5. The second kappa shape index (κ2) is 4.69. The van der Waals surface area contributed by atoms with Crippen molar-refractivity contribution in [1.29, 1.82) is 0 Å². The van der Waals surface area contributed by atoms with Crippen LogP contribution < -0.4 is 5.73 Å².